The van der Waals surface area contributed by atoms with E-state index in [-0.39, 0.29) is 5.91 Å². The van der Waals surface area contributed by atoms with E-state index in [1.165, 1.54) is 11.3 Å². The smallest absolute Gasteiger partial charge is 0.251 e. The van der Waals surface area contributed by atoms with Crippen molar-refractivity contribution in [3.63, 3.8) is 0 Å². The second-order valence-corrected chi connectivity index (χ2v) is 6.69. The van der Waals surface area contributed by atoms with Gasteiger partial charge in [0.05, 0.1) is 0 Å². The molecule has 98 valence electrons. The van der Waals surface area contributed by atoms with Gasteiger partial charge in [0.1, 0.15) is 0 Å². The molecule has 0 aliphatic heterocycles. The van der Waals surface area contributed by atoms with E-state index >= 15 is 0 Å². The van der Waals surface area contributed by atoms with Crippen molar-refractivity contribution in [2.75, 3.05) is 6.26 Å². The first kappa shape index (κ1) is 13.5. The third kappa shape index (κ3) is 3.29. The predicted molar refractivity (Wildman–Crippen MR) is 77.1 cm³/mol. The maximum atomic E-state index is 12.1. The van der Waals surface area contributed by atoms with Crippen LogP contribution in [0.4, 0.5) is 0 Å². The molecule has 18 heavy (non-hydrogen) atoms. The van der Waals surface area contributed by atoms with Crippen LogP contribution in [0.15, 0.2) is 29.2 Å². The lowest BCUT2D eigenvalue weighted by Crippen LogP contribution is -2.33. The highest BCUT2D eigenvalue weighted by atomic mass is 32.2. The van der Waals surface area contributed by atoms with Crippen LogP contribution < -0.4 is 5.32 Å². The molecule has 1 aromatic rings. The Morgan fingerprint density at radius 2 is 2.00 bits per heavy atom. The Morgan fingerprint density at radius 3 is 2.50 bits per heavy atom. The van der Waals surface area contributed by atoms with Crippen LogP contribution in [0.2, 0.25) is 0 Å². The number of nitrogens with one attached hydrogen (secondary N) is 1. The molecule has 0 radical (unpaired) electrons. The molecule has 1 saturated carbocycles. The summed E-state index contributed by atoms with van der Waals surface area (Å²) >= 11 is 1.69. The summed E-state index contributed by atoms with van der Waals surface area (Å²) < 4.78 is 0. The molecule has 1 unspecified atom stereocenters. The van der Waals surface area contributed by atoms with Gasteiger partial charge in [-0.2, -0.15) is 0 Å². The number of hydrogen-bond donors (Lipinski definition) is 1. The van der Waals surface area contributed by atoms with Gasteiger partial charge in [0.2, 0.25) is 0 Å². The summed E-state index contributed by atoms with van der Waals surface area (Å²) in [7, 11) is 0. The topological polar surface area (TPSA) is 29.1 Å². The zero-order valence-corrected chi connectivity index (χ0v) is 12.1. The molecule has 1 atom stereocenters. The van der Waals surface area contributed by atoms with E-state index < -0.39 is 0 Å². The molecule has 0 bridgehead atoms. The van der Waals surface area contributed by atoms with Crippen LogP contribution in [0.25, 0.3) is 0 Å². The third-order valence-electron chi connectivity index (χ3n) is 3.66. The second-order valence-electron chi connectivity index (χ2n) is 5.81. The lowest BCUT2D eigenvalue weighted by Gasteiger charge is -2.17. The van der Waals surface area contributed by atoms with Crippen molar-refractivity contribution >= 4 is 17.7 Å². The molecule has 0 heterocycles. The van der Waals surface area contributed by atoms with Crippen LogP contribution in [-0.2, 0) is 0 Å². The summed E-state index contributed by atoms with van der Waals surface area (Å²) in [5, 5.41) is 3.14. The van der Waals surface area contributed by atoms with Gasteiger partial charge in [0, 0.05) is 16.5 Å². The minimum Gasteiger partial charge on any atom is -0.349 e. The van der Waals surface area contributed by atoms with Gasteiger partial charge in [-0.25, -0.2) is 0 Å². The first-order valence-corrected chi connectivity index (χ1v) is 7.67. The minimum atomic E-state index is 0.0605. The fourth-order valence-corrected chi connectivity index (χ4v) is 2.98. The Bertz CT molecular complexity index is 425. The highest BCUT2D eigenvalue weighted by Crippen LogP contribution is 2.36. The molecule has 1 fully saturated rings. The van der Waals surface area contributed by atoms with Gasteiger partial charge in [-0.05, 0) is 55.2 Å². The van der Waals surface area contributed by atoms with Crippen molar-refractivity contribution in [1.29, 1.82) is 0 Å². The van der Waals surface area contributed by atoms with Gasteiger partial charge < -0.3 is 5.32 Å². The van der Waals surface area contributed by atoms with Gasteiger partial charge in [-0.15, -0.1) is 11.8 Å². The predicted octanol–water partition coefficient (Wildman–Crippen LogP) is 3.72. The summed E-state index contributed by atoms with van der Waals surface area (Å²) in [6.07, 6.45) is 5.42. The normalized spacial score (nSPS) is 21.8. The summed E-state index contributed by atoms with van der Waals surface area (Å²) in [6, 6.07) is 8.14. The van der Waals surface area contributed by atoms with E-state index in [1.807, 2.05) is 30.5 Å². The Balaban J connectivity index is 1.95. The maximum Gasteiger partial charge on any atom is 0.251 e. The fourth-order valence-electron chi connectivity index (χ4n) is 2.57. The number of carbonyl (C=O) groups is 1. The molecule has 0 aromatic heterocycles. The number of benzene rings is 1. The van der Waals surface area contributed by atoms with Crippen LogP contribution >= 0.6 is 11.8 Å². The Hall–Kier alpha value is -0.960. The fraction of sp³-hybridized carbons (Fsp3) is 0.533. The molecule has 1 N–H and O–H groups in total. The van der Waals surface area contributed by atoms with Crippen molar-refractivity contribution in [3.8, 4) is 0 Å². The zero-order chi connectivity index (χ0) is 13.2. The van der Waals surface area contributed by atoms with Gasteiger partial charge >= 0.3 is 0 Å². The molecule has 0 saturated heterocycles. The second kappa shape index (κ2) is 5.35. The molecule has 1 aliphatic carbocycles. The highest BCUT2D eigenvalue weighted by Gasteiger charge is 2.31. The van der Waals surface area contributed by atoms with Gasteiger partial charge in [-0.3, -0.25) is 4.79 Å². The van der Waals surface area contributed by atoms with E-state index in [0.29, 0.717) is 11.5 Å². The van der Waals surface area contributed by atoms with Crippen LogP contribution in [0.5, 0.6) is 0 Å². The first-order valence-electron chi connectivity index (χ1n) is 6.45. The number of rotatable bonds is 3. The maximum absolute atomic E-state index is 12.1. The van der Waals surface area contributed by atoms with Gasteiger partial charge in [0.25, 0.3) is 5.91 Å². The SMILES string of the molecule is CSc1ccc(C(=O)NC2CCC(C)(C)C2)cc1. The van der Waals surface area contributed by atoms with E-state index in [0.717, 1.165) is 18.4 Å². The third-order valence-corrected chi connectivity index (χ3v) is 4.40. The van der Waals surface area contributed by atoms with Crippen LogP contribution in [0.1, 0.15) is 43.5 Å². The standard InChI is InChI=1S/C15H21NOS/c1-15(2)9-8-12(10-15)16-14(17)11-4-6-13(18-3)7-5-11/h4-7,12H,8-10H2,1-3H3,(H,16,17). The largest absolute Gasteiger partial charge is 0.349 e. The average Bonchev–Trinajstić information content (AvgIpc) is 2.68. The number of thioether (sulfide) groups is 1. The molecule has 1 aliphatic rings. The molecule has 0 spiro atoms. The Morgan fingerprint density at radius 1 is 1.33 bits per heavy atom. The molecule has 3 heteroatoms. The Kier molecular flexibility index (Phi) is 4.00. The lowest BCUT2D eigenvalue weighted by atomic mass is 9.92. The summed E-state index contributed by atoms with van der Waals surface area (Å²) in [5.74, 6) is 0.0605. The zero-order valence-electron chi connectivity index (χ0n) is 11.3. The molecule has 1 aromatic carbocycles. The molecule has 2 rings (SSSR count). The molecular weight excluding hydrogens is 242 g/mol. The minimum absolute atomic E-state index is 0.0605. The first-order chi connectivity index (χ1) is 8.50. The Labute approximate surface area is 114 Å². The van der Waals surface area contributed by atoms with Crippen LogP contribution in [0, 0.1) is 5.41 Å². The summed E-state index contributed by atoms with van der Waals surface area (Å²) in [6.45, 7) is 4.54. The van der Waals surface area contributed by atoms with Gasteiger partial charge in [-0.1, -0.05) is 13.8 Å². The summed E-state index contributed by atoms with van der Waals surface area (Å²) in [5.41, 5.74) is 1.14. The number of hydrogen-bond acceptors (Lipinski definition) is 2. The monoisotopic (exact) mass is 263 g/mol. The quantitative estimate of drug-likeness (QED) is 0.842. The van der Waals surface area contributed by atoms with E-state index in [2.05, 4.69) is 19.2 Å². The van der Waals surface area contributed by atoms with E-state index in [9.17, 15) is 4.79 Å². The molecule has 2 nitrogen and oxygen atoms in total. The number of amides is 1. The number of carbonyl (C=O) groups excluding carboxylic acids is 1. The van der Waals surface area contributed by atoms with Crippen molar-refractivity contribution < 1.29 is 4.79 Å². The van der Waals surface area contributed by atoms with E-state index in [1.54, 1.807) is 11.8 Å². The lowest BCUT2D eigenvalue weighted by molar-refractivity contribution is 0.0936. The van der Waals surface area contributed by atoms with Crippen LogP contribution in [-0.4, -0.2) is 18.2 Å². The van der Waals surface area contributed by atoms with Crippen molar-refractivity contribution in [3.05, 3.63) is 29.8 Å². The average molecular weight is 263 g/mol. The molecule has 1 amide bonds. The van der Waals surface area contributed by atoms with Crippen molar-refractivity contribution in [2.45, 2.75) is 44.0 Å². The summed E-state index contributed by atoms with van der Waals surface area (Å²) in [4.78, 5) is 13.3. The van der Waals surface area contributed by atoms with Crippen LogP contribution in [0.3, 0.4) is 0 Å². The van der Waals surface area contributed by atoms with Crippen molar-refractivity contribution in [1.82, 2.24) is 5.32 Å². The highest BCUT2D eigenvalue weighted by molar-refractivity contribution is 7.98. The van der Waals surface area contributed by atoms with Gasteiger partial charge in [0.15, 0.2) is 0 Å². The molecular formula is C15H21NOS. The van der Waals surface area contributed by atoms with E-state index in [4.69, 9.17) is 0 Å². The van der Waals surface area contributed by atoms with Crippen molar-refractivity contribution in [2.24, 2.45) is 5.41 Å².